The number of fused-ring (bicyclic) bond motifs is 2. The smallest absolute Gasteiger partial charge is 0.262 e. The quantitative estimate of drug-likeness (QED) is 0.774. The van der Waals surface area contributed by atoms with Crippen LogP contribution in [-0.4, -0.2) is 43.9 Å². The highest BCUT2D eigenvalue weighted by molar-refractivity contribution is 7.90. The Balaban J connectivity index is 1.74. The molecule has 1 aromatic carbocycles. The minimum Gasteiger partial charge on any atom is -0.331 e. The Bertz CT molecular complexity index is 899. The molecule has 0 aromatic heterocycles. The molecule has 0 atom stereocenters. The molecule has 4 rings (SSSR count). The maximum atomic E-state index is 13.1. The predicted octanol–water partition coefficient (Wildman–Crippen LogP) is 1.46. The number of carbonyl (C=O) groups is 1. The van der Waals surface area contributed by atoms with Crippen molar-refractivity contribution in [3.8, 4) is 0 Å². The zero-order chi connectivity index (χ0) is 16.7. The number of para-hydroxylation sites is 1. The number of carbonyl (C=O) groups excluding carboxylic acids is 1. The Labute approximate surface area is 140 Å². The number of hydrogen-bond acceptors (Lipinski definition) is 4. The van der Waals surface area contributed by atoms with Gasteiger partial charge in [-0.2, -0.15) is 0 Å². The van der Waals surface area contributed by atoms with E-state index in [4.69, 9.17) is 0 Å². The van der Waals surface area contributed by atoms with Crippen LogP contribution in [0.2, 0.25) is 0 Å². The number of rotatable bonds is 1. The van der Waals surface area contributed by atoms with Crippen LogP contribution in [0, 0.1) is 0 Å². The van der Waals surface area contributed by atoms with E-state index in [9.17, 15) is 13.2 Å². The van der Waals surface area contributed by atoms with Crippen LogP contribution in [0.3, 0.4) is 0 Å². The minimum absolute atomic E-state index is 0.0329. The summed E-state index contributed by atoms with van der Waals surface area (Å²) >= 11 is 0. The van der Waals surface area contributed by atoms with Crippen LogP contribution in [0.1, 0.15) is 12.0 Å². The van der Waals surface area contributed by atoms with Gasteiger partial charge in [0, 0.05) is 25.0 Å². The molecular weight excluding hydrogens is 326 g/mol. The van der Waals surface area contributed by atoms with E-state index in [-0.39, 0.29) is 17.5 Å². The Morgan fingerprint density at radius 1 is 1.17 bits per heavy atom. The van der Waals surface area contributed by atoms with Gasteiger partial charge >= 0.3 is 0 Å². The van der Waals surface area contributed by atoms with E-state index < -0.39 is 10.0 Å². The second-order valence-corrected chi connectivity index (χ2v) is 7.76. The molecule has 0 saturated carbocycles. The molecule has 24 heavy (non-hydrogen) atoms. The van der Waals surface area contributed by atoms with E-state index in [1.807, 2.05) is 24.3 Å². The van der Waals surface area contributed by atoms with Crippen molar-refractivity contribution >= 4 is 27.5 Å². The van der Waals surface area contributed by atoms with Gasteiger partial charge in [0.15, 0.2) is 5.84 Å². The Hall–Kier alpha value is -2.41. The number of allylic oxidation sites excluding steroid dienone is 2. The third-order valence-electron chi connectivity index (χ3n) is 4.44. The first-order valence-corrected chi connectivity index (χ1v) is 9.54. The lowest BCUT2D eigenvalue weighted by molar-refractivity contribution is -0.114. The summed E-state index contributed by atoms with van der Waals surface area (Å²) in [6.07, 6.45) is 7.00. The van der Waals surface area contributed by atoms with Gasteiger partial charge in [-0.15, -0.1) is 4.40 Å². The van der Waals surface area contributed by atoms with Crippen molar-refractivity contribution in [3.05, 3.63) is 53.8 Å². The molecule has 1 aromatic rings. The summed E-state index contributed by atoms with van der Waals surface area (Å²) in [5, 5.41) is 0. The van der Waals surface area contributed by atoms with Crippen molar-refractivity contribution < 1.29 is 13.2 Å². The Morgan fingerprint density at radius 2 is 2.00 bits per heavy atom. The highest BCUT2D eigenvalue weighted by Gasteiger charge is 2.33. The van der Waals surface area contributed by atoms with Gasteiger partial charge in [0.05, 0.1) is 11.3 Å². The first-order valence-electron chi connectivity index (χ1n) is 7.93. The van der Waals surface area contributed by atoms with E-state index in [2.05, 4.69) is 4.40 Å². The van der Waals surface area contributed by atoms with Crippen LogP contribution in [0.4, 0.5) is 5.69 Å². The molecule has 3 heterocycles. The maximum absolute atomic E-state index is 13.1. The van der Waals surface area contributed by atoms with Gasteiger partial charge in [-0.1, -0.05) is 18.2 Å². The summed E-state index contributed by atoms with van der Waals surface area (Å²) in [6.45, 7) is 0.940. The topological polar surface area (TPSA) is 70.0 Å². The third kappa shape index (κ3) is 2.54. The molecular formula is C17H17N3O3S. The zero-order valence-corrected chi connectivity index (χ0v) is 13.9. The van der Waals surface area contributed by atoms with Gasteiger partial charge in [0.25, 0.3) is 15.9 Å². The lowest BCUT2D eigenvalue weighted by Crippen LogP contribution is -2.44. The second-order valence-electron chi connectivity index (χ2n) is 6.01. The van der Waals surface area contributed by atoms with Crippen LogP contribution < -0.4 is 4.90 Å². The lowest BCUT2D eigenvalue weighted by Gasteiger charge is -2.33. The minimum atomic E-state index is -3.51. The van der Waals surface area contributed by atoms with Crippen molar-refractivity contribution in [2.45, 2.75) is 12.8 Å². The van der Waals surface area contributed by atoms with Gasteiger partial charge in [-0.25, -0.2) is 8.42 Å². The average Bonchev–Trinajstić information content (AvgIpc) is 2.59. The Kier molecular flexibility index (Phi) is 3.53. The molecule has 1 amide bonds. The fraction of sp³-hybridized carbons (Fsp3) is 0.294. The molecule has 0 fully saturated rings. The number of hydrogen-bond donors (Lipinski definition) is 0. The van der Waals surface area contributed by atoms with Gasteiger partial charge in [0.2, 0.25) is 0 Å². The molecule has 0 spiro atoms. The first kappa shape index (κ1) is 15.1. The van der Waals surface area contributed by atoms with Crippen molar-refractivity contribution in [1.29, 1.82) is 0 Å². The molecule has 3 aliphatic heterocycles. The summed E-state index contributed by atoms with van der Waals surface area (Å²) in [4.78, 5) is 16.6. The standard InChI is InChI=1S/C17H17N3O3S/c21-17(20-10-3-6-13-5-1-2-8-15(13)20)14-7-4-9-19-11-12-24(22,23)18-16(14)19/h1-2,4-5,7-9H,3,6,10-12H2. The van der Waals surface area contributed by atoms with E-state index in [1.165, 1.54) is 0 Å². The molecule has 0 N–H and O–H groups in total. The number of aryl methyl sites for hydroxylation is 1. The number of amidine groups is 1. The predicted molar refractivity (Wildman–Crippen MR) is 92.3 cm³/mol. The molecule has 6 nitrogen and oxygen atoms in total. The zero-order valence-electron chi connectivity index (χ0n) is 13.1. The van der Waals surface area contributed by atoms with Crippen molar-refractivity contribution in [2.24, 2.45) is 4.40 Å². The summed E-state index contributed by atoms with van der Waals surface area (Å²) in [7, 11) is -3.51. The average molecular weight is 343 g/mol. The van der Waals surface area contributed by atoms with Gasteiger partial charge in [0.1, 0.15) is 0 Å². The van der Waals surface area contributed by atoms with Crippen molar-refractivity contribution in [1.82, 2.24) is 4.90 Å². The first-order chi connectivity index (χ1) is 11.6. The van der Waals surface area contributed by atoms with Gasteiger partial charge in [-0.05, 0) is 36.6 Å². The van der Waals surface area contributed by atoms with Crippen molar-refractivity contribution in [2.75, 3.05) is 23.7 Å². The number of sulfonamides is 1. The third-order valence-corrected chi connectivity index (χ3v) is 5.59. The largest absolute Gasteiger partial charge is 0.331 e. The van der Waals surface area contributed by atoms with Crippen LogP contribution in [0.5, 0.6) is 0 Å². The summed E-state index contributed by atoms with van der Waals surface area (Å²) < 4.78 is 27.6. The molecule has 124 valence electrons. The van der Waals surface area contributed by atoms with Crippen LogP contribution >= 0.6 is 0 Å². The van der Waals surface area contributed by atoms with Crippen LogP contribution in [-0.2, 0) is 21.2 Å². The fourth-order valence-electron chi connectivity index (χ4n) is 3.27. The maximum Gasteiger partial charge on any atom is 0.262 e. The van der Waals surface area contributed by atoms with E-state index >= 15 is 0 Å². The van der Waals surface area contributed by atoms with Crippen LogP contribution in [0.25, 0.3) is 0 Å². The molecule has 0 aliphatic carbocycles. The van der Waals surface area contributed by atoms with E-state index in [0.29, 0.717) is 18.7 Å². The molecule has 0 radical (unpaired) electrons. The molecule has 7 heteroatoms. The molecule has 0 bridgehead atoms. The number of amides is 1. The van der Waals surface area contributed by atoms with Crippen LogP contribution in [0.15, 0.2) is 52.6 Å². The lowest BCUT2D eigenvalue weighted by atomic mass is 10.00. The van der Waals surface area contributed by atoms with Crippen molar-refractivity contribution in [3.63, 3.8) is 0 Å². The van der Waals surface area contributed by atoms with Gasteiger partial charge in [-0.3, -0.25) is 4.79 Å². The van der Waals surface area contributed by atoms with E-state index in [0.717, 1.165) is 24.1 Å². The summed E-state index contributed by atoms with van der Waals surface area (Å²) in [6, 6.07) is 7.84. The fourth-order valence-corrected chi connectivity index (χ4v) is 4.26. The highest BCUT2D eigenvalue weighted by Crippen LogP contribution is 2.29. The van der Waals surface area contributed by atoms with E-state index in [1.54, 1.807) is 28.2 Å². The molecule has 0 saturated heterocycles. The SMILES string of the molecule is O=C(C1=CC=CN2CCS(=O)(=O)N=C12)N1CCCc2ccccc21. The summed E-state index contributed by atoms with van der Waals surface area (Å²) in [5.74, 6) is -0.00125. The summed E-state index contributed by atoms with van der Waals surface area (Å²) in [5.41, 5.74) is 2.37. The Morgan fingerprint density at radius 3 is 2.88 bits per heavy atom. The molecule has 3 aliphatic rings. The van der Waals surface area contributed by atoms with Gasteiger partial charge < -0.3 is 9.80 Å². The monoisotopic (exact) mass is 343 g/mol. The number of anilines is 1. The number of nitrogens with zero attached hydrogens (tertiary/aromatic N) is 3. The number of benzene rings is 1. The molecule has 0 unspecified atom stereocenters. The second kappa shape index (κ2) is 5.59. The normalized spacial score (nSPS) is 21.5. The highest BCUT2D eigenvalue weighted by atomic mass is 32.2.